The normalized spacial score (nSPS) is 11.3. The molecule has 0 aromatic carbocycles. The number of pyridine rings is 1. The Hall–Kier alpha value is -1.04. The number of aromatic nitrogens is 1. The number of carbonyl (C=O) groups excluding carboxylic acids is 1. The summed E-state index contributed by atoms with van der Waals surface area (Å²) in [7, 11) is 0. The van der Waals surface area contributed by atoms with Gasteiger partial charge in [-0.3, -0.25) is 4.79 Å². The first-order valence-electron chi connectivity index (χ1n) is 4.13. The first-order chi connectivity index (χ1) is 6.80. The first-order valence-corrected chi connectivity index (χ1v) is 4.92. The number of amides is 1. The fourth-order valence-corrected chi connectivity index (χ4v) is 1.29. The fraction of sp³-hybridized carbons (Fsp3) is 0.333. The molecule has 1 rings (SSSR count). The van der Waals surface area contributed by atoms with Gasteiger partial charge in [0.1, 0.15) is 4.60 Å². The summed E-state index contributed by atoms with van der Waals surface area (Å²) < 4.78 is 25.7. The third-order valence-corrected chi connectivity index (χ3v) is 2.14. The van der Waals surface area contributed by atoms with E-state index in [2.05, 4.69) is 26.2 Å². The third kappa shape index (κ3) is 3.23. The monoisotopic (exact) mass is 278 g/mol. The molecule has 0 fully saturated rings. The Morgan fingerprint density at radius 3 is 2.60 bits per heavy atom. The zero-order valence-electron chi connectivity index (χ0n) is 8.14. The maximum Gasteiger partial charge on any atom is 0.322 e. The number of nitrogens with zero attached hydrogens (tertiary/aromatic N) is 1. The zero-order valence-corrected chi connectivity index (χ0v) is 9.73. The highest BCUT2D eigenvalue weighted by atomic mass is 79.9. The molecular formula is C9H9BrF2N2O. The van der Waals surface area contributed by atoms with Crippen molar-refractivity contribution in [2.45, 2.75) is 19.8 Å². The molecule has 0 aliphatic carbocycles. The van der Waals surface area contributed by atoms with Gasteiger partial charge in [0.05, 0.1) is 11.4 Å². The summed E-state index contributed by atoms with van der Waals surface area (Å²) >= 11 is 3.13. The Labute approximate surface area is 94.0 Å². The number of alkyl halides is 2. The molecule has 1 aromatic heterocycles. The van der Waals surface area contributed by atoms with Gasteiger partial charge >= 0.3 is 5.92 Å². The van der Waals surface area contributed by atoms with Crippen LogP contribution in [0.25, 0.3) is 0 Å². The molecule has 0 saturated carbocycles. The van der Waals surface area contributed by atoms with E-state index < -0.39 is 11.8 Å². The molecular weight excluding hydrogens is 270 g/mol. The summed E-state index contributed by atoms with van der Waals surface area (Å²) in [6.07, 6.45) is 0. The van der Waals surface area contributed by atoms with Gasteiger partial charge in [0, 0.05) is 6.92 Å². The molecule has 6 heteroatoms. The van der Waals surface area contributed by atoms with Crippen molar-refractivity contribution in [3.63, 3.8) is 0 Å². The summed E-state index contributed by atoms with van der Waals surface area (Å²) in [5, 5.41) is 2.11. The van der Waals surface area contributed by atoms with E-state index in [-0.39, 0.29) is 5.69 Å². The van der Waals surface area contributed by atoms with E-state index in [0.717, 1.165) is 0 Å². The number of anilines is 1. The second-order valence-electron chi connectivity index (χ2n) is 3.11. The van der Waals surface area contributed by atoms with Gasteiger partial charge in [-0.25, -0.2) is 4.98 Å². The van der Waals surface area contributed by atoms with Crippen molar-refractivity contribution in [2.75, 3.05) is 5.32 Å². The second kappa shape index (κ2) is 4.22. The fourth-order valence-electron chi connectivity index (χ4n) is 0.895. The minimum Gasteiger partial charge on any atom is -0.319 e. The number of hydrogen-bond donors (Lipinski definition) is 1. The van der Waals surface area contributed by atoms with Gasteiger partial charge in [-0.2, -0.15) is 8.78 Å². The number of rotatable bonds is 2. The first kappa shape index (κ1) is 12.0. The minimum atomic E-state index is -3.39. The van der Waals surface area contributed by atoms with Crippen molar-refractivity contribution in [2.24, 2.45) is 0 Å². The van der Waals surface area contributed by atoms with E-state index in [1.807, 2.05) is 0 Å². The van der Waals surface area contributed by atoms with Crippen LogP contribution in [0.15, 0.2) is 16.7 Å². The minimum absolute atomic E-state index is 0.282. The molecule has 0 saturated heterocycles. The maximum atomic E-state index is 12.6. The molecule has 1 N–H and O–H groups in total. The van der Waals surface area contributed by atoms with Gasteiger partial charge in [0.2, 0.25) is 0 Å². The lowest BCUT2D eigenvalue weighted by molar-refractivity contribution is -0.137. The summed E-state index contributed by atoms with van der Waals surface area (Å²) in [5.41, 5.74) is 0.756. The Morgan fingerprint density at radius 1 is 1.53 bits per heavy atom. The molecule has 15 heavy (non-hydrogen) atoms. The molecule has 1 aromatic rings. The van der Waals surface area contributed by atoms with Gasteiger partial charge in [0.25, 0.3) is 5.91 Å². The smallest absolute Gasteiger partial charge is 0.319 e. The van der Waals surface area contributed by atoms with E-state index in [1.54, 1.807) is 13.0 Å². The Morgan fingerprint density at radius 2 is 2.13 bits per heavy atom. The van der Waals surface area contributed by atoms with Crippen molar-refractivity contribution in [1.82, 2.24) is 4.98 Å². The van der Waals surface area contributed by atoms with E-state index in [0.29, 0.717) is 17.2 Å². The van der Waals surface area contributed by atoms with Crippen LogP contribution in [0.5, 0.6) is 0 Å². The number of nitrogens with one attached hydrogen (secondary N) is 1. The summed E-state index contributed by atoms with van der Waals surface area (Å²) in [6, 6.07) is 3.08. The van der Waals surface area contributed by atoms with Crippen LogP contribution in [-0.4, -0.2) is 16.8 Å². The van der Waals surface area contributed by atoms with Crippen molar-refractivity contribution < 1.29 is 13.6 Å². The zero-order chi connectivity index (χ0) is 11.6. The summed E-state index contributed by atoms with van der Waals surface area (Å²) in [5.74, 6) is -4.73. The van der Waals surface area contributed by atoms with Crippen LogP contribution in [0, 0.1) is 6.92 Å². The van der Waals surface area contributed by atoms with Crippen LogP contribution in [0.1, 0.15) is 12.6 Å². The van der Waals surface area contributed by atoms with Crippen molar-refractivity contribution >= 4 is 27.5 Å². The molecule has 0 atom stereocenters. The highest BCUT2D eigenvalue weighted by Gasteiger charge is 2.32. The molecule has 3 nitrogen and oxygen atoms in total. The number of hydrogen-bond acceptors (Lipinski definition) is 2. The van der Waals surface area contributed by atoms with Crippen LogP contribution in [0.4, 0.5) is 14.5 Å². The van der Waals surface area contributed by atoms with Crippen LogP contribution >= 0.6 is 15.9 Å². The Kier molecular flexibility index (Phi) is 3.38. The largest absolute Gasteiger partial charge is 0.322 e. The van der Waals surface area contributed by atoms with Gasteiger partial charge < -0.3 is 5.32 Å². The lowest BCUT2D eigenvalue weighted by atomic mass is 10.3. The number of aryl methyl sites for hydroxylation is 1. The molecule has 0 bridgehead atoms. The Balaban J connectivity index is 2.87. The van der Waals surface area contributed by atoms with E-state index >= 15 is 0 Å². The SMILES string of the molecule is Cc1nc(Br)ccc1NC(=O)C(C)(F)F. The van der Waals surface area contributed by atoms with Crippen LogP contribution in [0.3, 0.4) is 0 Å². The molecule has 82 valence electrons. The molecule has 1 heterocycles. The van der Waals surface area contributed by atoms with Crippen LogP contribution < -0.4 is 5.32 Å². The summed E-state index contributed by atoms with van der Waals surface area (Å²) in [4.78, 5) is 14.9. The molecule has 0 spiro atoms. The average Bonchev–Trinajstić information content (AvgIpc) is 2.08. The third-order valence-electron chi connectivity index (χ3n) is 1.70. The molecule has 0 radical (unpaired) electrons. The van der Waals surface area contributed by atoms with Gasteiger partial charge in [0.15, 0.2) is 0 Å². The van der Waals surface area contributed by atoms with Gasteiger partial charge in [-0.05, 0) is 35.0 Å². The van der Waals surface area contributed by atoms with Gasteiger partial charge in [-0.1, -0.05) is 0 Å². The van der Waals surface area contributed by atoms with Crippen LogP contribution in [-0.2, 0) is 4.79 Å². The van der Waals surface area contributed by atoms with Gasteiger partial charge in [-0.15, -0.1) is 0 Å². The number of halogens is 3. The highest BCUT2D eigenvalue weighted by molar-refractivity contribution is 9.10. The Bertz CT molecular complexity index is 390. The maximum absolute atomic E-state index is 12.6. The molecule has 0 aliphatic rings. The molecule has 0 unspecified atom stereocenters. The average molecular weight is 279 g/mol. The molecule has 0 aliphatic heterocycles. The molecule has 1 amide bonds. The van der Waals surface area contributed by atoms with E-state index in [9.17, 15) is 13.6 Å². The summed E-state index contributed by atoms with van der Waals surface area (Å²) in [6.45, 7) is 2.16. The van der Waals surface area contributed by atoms with Crippen molar-refractivity contribution in [3.8, 4) is 0 Å². The van der Waals surface area contributed by atoms with E-state index in [1.165, 1.54) is 6.07 Å². The van der Waals surface area contributed by atoms with Crippen molar-refractivity contribution in [3.05, 3.63) is 22.4 Å². The van der Waals surface area contributed by atoms with E-state index in [4.69, 9.17) is 0 Å². The van der Waals surface area contributed by atoms with Crippen LogP contribution in [0.2, 0.25) is 0 Å². The highest BCUT2D eigenvalue weighted by Crippen LogP contribution is 2.19. The predicted octanol–water partition coefficient (Wildman–Crippen LogP) is 2.75. The number of carbonyl (C=O) groups is 1. The predicted molar refractivity (Wildman–Crippen MR) is 55.9 cm³/mol. The second-order valence-corrected chi connectivity index (χ2v) is 3.92. The lowest BCUT2D eigenvalue weighted by Crippen LogP contribution is -2.31. The van der Waals surface area contributed by atoms with Crippen molar-refractivity contribution in [1.29, 1.82) is 0 Å². The standard InChI is InChI=1S/C9H9BrF2N2O/c1-5-6(3-4-7(10)13-5)14-8(15)9(2,11)12/h3-4H,1-2H3,(H,14,15). The lowest BCUT2D eigenvalue weighted by Gasteiger charge is -2.12. The topological polar surface area (TPSA) is 42.0 Å². The quantitative estimate of drug-likeness (QED) is 0.846.